The second-order valence-corrected chi connectivity index (χ2v) is 12.9. The van der Waals surface area contributed by atoms with Crippen LogP contribution in [0.25, 0.3) is 0 Å². The Kier molecular flexibility index (Phi) is 8.86. The summed E-state index contributed by atoms with van der Waals surface area (Å²) in [6, 6.07) is 0. The molecule has 0 saturated carbocycles. The zero-order chi connectivity index (χ0) is 22.8. The minimum Gasteiger partial charge on any atom is -0.230 e. The molecule has 2 unspecified atom stereocenters. The van der Waals surface area contributed by atoms with Gasteiger partial charge in [0.15, 0.2) is 0 Å². The van der Waals surface area contributed by atoms with Gasteiger partial charge in [-0.05, 0) is 64.2 Å². The van der Waals surface area contributed by atoms with Crippen molar-refractivity contribution < 1.29 is 19.6 Å². The lowest BCUT2D eigenvalue weighted by Crippen LogP contribution is -2.45. The molecule has 0 aromatic heterocycles. The van der Waals surface area contributed by atoms with Crippen LogP contribution in [0.3, 0.4) is 0 Å². The lowest BCUT2D eigenvalue weighted by molar-refractivity contribution is -0.393. The van der Waals surface area contributed by atoms with Crippen molar-refractivity contribution in [1.29, 1.82) is 0 Å². The Balaban J connectivity index is 0.000000621. The van der Waals surface area contributed by atoms with Gasteiger partial charge in [0, 0.05) is 5.41 Å². The molecule has 28 heavy (non-hydrogen) atoms. The minimum absolute atomic E-state index is 0.0364. The van der Waals surface area contributed by atoms with Crippen molar-refractivity contribution in [2.45, 2.75) is 134 Å². The molecule has 4 nitrogen and oxygen atoms in total. The molecule has 1 saturated heterocycles. The van der Waals surface area contributed by atoms with Crippen molar-refractivity contribution >= 4 is 0 Å². The normalized spacial score (nSPS) is 20.7. The molecule has 170 valence electrons. The van der Waals surface area contributed by atoms with E-state index in [1.54, 1.807) is 0 Å². The molecule has 0 spiro atoms. The molecule has 1 rings (SSSR count). The van der Waals surface area contributed by atoms with Gasteiger partial charge in [0.05, 0.1) is 11.2 Å². The highest BCUT2D eigenvalue weighted by Crippen LogP contribution is 2.58. The van der Waals surface area contributed by atoms with Gasteiger partial charge in [0.25, 0.3) is 0 Å². The van der Waals surface area contributed by atoms with Crippen LogP contribution in [0, 0.1) is 21.7 Å². The van der Waals surface area contributed by atoms with Gasteiger partial charge in [-0.2, -0.15) is 9.78 Å². The average Bonchev–Trinajstić information content (AvgIpc) is 3.26. The van der Waals surface area contributed by atoms with Gasteiger partial charge in [-0.25, -0.2) is 9.78 Å². The van der Waals surface area contributed by atoms with E-state index < -0.39 is 0 Å². The fraction of sp³-hybridized carbons (Fsp3) is 1.00. The smallest absolute Gasteiger partial charge is 0.230 e. The third-order valence-corrected chi connectivity index (χ3v) is 6.32. The average molecular weight is 403 g/mol. The lowest BCUT2D eigenvalue weighted by Gasteiger charge is -2.50. The molecule has 1 aliphatic heterocycles. The number of hydrogen-bond acceptors (Lipinski definition) is 4. The van der Waals surface area contributed by atoms with Crippen LogP contribution in [-0.2, 0) is 19.6 Å². The molecule has 0 radical (unpaired) electrons. The van der Waals surface area contributed by atoms with Gasteiger partial charge in [-0.15, -0.1) is 0 Å². The summed E-state index contributed by atoms with van der Waals surface area (Å²) in [5, 5.41) is 0. The van der Waals surface area contributed by atoms with Crippen LogP contribution in [-0.4, -0.2) is 17.5 Å². The number of rotatable bonds is 5. The van der Waals surface area contributed by atoms with E-state index in [-0.39, 0.29) is 39.2 Å². The molecular formula is C24H50O4. The molecule has 0 N–H and O–H groups in total. The third kappa shape index (κ3) is 8.69. The predicted octanol–water partition coefficient (Wildman–Crippen LogP) is 7.71. The fourth-order valence-electron chi connectivity index (χ4n) is 2.92. The van der Waals surface area contributed by atoms with E-state index in [0.717, 1.165) is 6.42 Å². The highest BCUT2D eigenvalue weighted by molar-refractivity contribution is 4.98. The molecule has 0 aromatic carbocycles. The summed E-state index contributed by atoms with van der Waals surface area (Å²) in [6.45, 7) is 32.6. The summed E-state index contributed by atoms with van der Waals surface area (Å²) < 4.78 is 0. The molecule has 0 bridgehead atoms. The van der Waals surface area contributed by atoms with Gasteiger partial charge < -0.3 is 0 Å². The Labute approximate surface area is 175 Å². The van der Waals surface area contributed by atoms with Crippen LogP contribution < -0.4 is 0 Å². The van der Waals surface area contributed by atoms with Crippen molar-refractivity contribution in [1.82, 2.24) is 0 Å². The van der Waals surface area contributed by atoms with Crippen molar-refractivity contribution in [3.8, 4) is 0 Å². The maximum Gasteiger partial charge on any atom is 0.230 e. The highest BCUT2D eigenvalue weighted by atomic mass is 17.4. The lowest BCUT2D eigenvalue weighted by atomic mass is 9.54. The van der Waals surface area contributed by atoms with Crippen molar-refractivity contribution in [3.63, 3.8) is 0 Å². The van der Waals surface area contributed by atoms with E-state index in [9.17, 15) is 0 Å². The summed E-state index contributed by atoms with van der Waals surface area (Å²) in [7, 11) is 0. The van der Waals surface area contributed by atoms with Crippen molar-refractivity contribution in [2.75, 3.05) is 0 Å². The van der Waals surface area contributed by atoms with Crippen LogP contribution in [0.1, 0.15) is 117 Å². The molecular weight excluding hydrogens is 352 g/mol. The Morgan fingerprint density at radius 1 is 0.607 bits per heavy atom. The molecule has 4 heteroatoms. The molecule has 0 amide bonds. The van der Waals surface area contributed by atoms with Crippen LogP contribution in [0.15, 0.2) is 0 Å². The zero-order valence-corrected chi connectivity index (χ0v) is 21.6. The van der Waals surface area contributed by atoms with Gasteiger partial charge in [-0.3, -0.25) is 0 Å². The molecule has 0 aromatic rings. The molecule has 1 aliphatic rings. The van der Waals surface area contributed by atoms with E-state index in [4.69, 9.17) is 19.6 Å². The van der Waals surface area contributed by atoms with Crippen LogP contribution >= 0.6 is 0 Å². The first-order chi connectivity index (χ1) is 12.1. The molecule has 1 fully saturated rings. The first-order valence-corrected chi connectivity index (χ1v) is 10.8. The van der Waals surface area contributed by atoms with E-state index in [0.29, 0.717) is 0 Å². The first kappa shape index (κ1) is 27.8. The van der Waals surface area contributed by atoms with Gasteiger partial charge in [0.2, 0.25) is 6.29 Å². The standard InChI is InChI=1S/C16H32O2.C8H18O2/c1-10-15(8,13(2,3)4)11-16(9,12-17-18-12)14(5,6)7;1-7(2,3)9-10-8(4,5)6/h12H,10-11H2,1-9H3;1-6H3. The largest absolute Gasteiger partial charge is 0.230 e. The Morgan fingerprint density at radius 3 is 1.14 bits per heavy atom. The molecule has 2 atom stereocenters. The molecule has 1 heterocycles. The van der Waals surface area contributed by atoms with Crippen LogP contribution in [0.2, 0.25) is 0 Å². The second kappa shape index (κ2) is 8.91. The van der Waals surface area contributed by atoms with E-state index in [2.05, 4.69) is 62.3 Å². The van der Waals surface area contributed by atoms with Crippen molar-refractivity contribution in [2.24, 2.45) is 21.7 Å². The second-order valence-electron chi connectivity index (χ2n) is 12.9. The quantitative estimate of drug-likeness (QED) is 0.268. The SMILES string of the molecule is CC(C)(C)OOC(C)(C)C.CCC(C)(CC(C)(C1OO1)C(C)(C)C)C(C)(C)C. The molecule has 0 aliphatic carbocycles. The summed E-state index contributed by atoms with van der Waals surface area (Å²) in [6.07, 6.45) is 2.26. The summed E-state index contributed by atoms with van der Waals surface area (Å²) in [4.78, 5) is 20.6. The Hall–Kier alpha value is -0.160. The van der Waals surface area contributed by atoms with E-state index in [1.165, 1.54) is 6.42 Å². The zero-order valence-electron chi connectivity index (χ0n) is 21.6. The van der Waals surface area contributed by atoms with Gasteiger partial charge >= 0.3 is 0 Å². The highest BCUT2D eigenvalue weighted by Gasteiger charge is 2.57. The fourth-order valence-corrected chi connectivity index (χ4v) is 2.92. The predicted molar refractivity (Wildman–Crippen MR) is 118 cm³/mol. The maximum atomic E-state index is 5.20. The topological polar surface area (TPSA) is 43.5 Å². The summed E-state index contributed by atoms with van der Waals surface area (Å²) >= 11 is 0. The first-order valence-electron chi connectivity index (χ1n) is 10.8. The third-order valence-electron chi connectivity index (χ3n) is 6.32. The van der Waals surface area contributed by atoms with Crippen molar-refractivity contribution in [3.05, 3.63) is 0 Å². The Bertz CT molecular complexity index is 455. The monoisotopic (exact) mass is 402 g/mol. The van der Waals surface area contributed by atoms with E-state index >= 15 is 0 Å². The van der Waals surface area contributed by atoms with Gasteiger partial charge in [0.1, 0.15) is 0 Å². The van der Waals surface area contributed by atoms with Gasteiger partial charge in [-0.1, -0.05) is 68.7 Å². The van der Waals surface area contributed by atoms with Crippen LogP contribution in [0.5, 0.6) is 0 Å². The van der Waals surface area contributed by atoms with Crippen LogP contribution in [0.4, 0.5) is 0 Å². The van der Waals surface area contributed by atoms with E-state index in [1.807, 2.05) is 41.5 Å². The number of hydrogen-bond donors (Lipinski definition) is 0. The Morgan fingerprint density at radius 2 is 0.964 bits per heavy atom. The minimum atomic E-state index is -0.215. The summed E-state index contributed by atoms with van der Waals surface area (Å²) in [5.74, 6) is 0. The summed E-state index contributed by atoms with van der Waals surface area (Å²) in [5.41, 5.74) is 0.342. The maximum absolute atomic E-state index is 5.20.